The van der Waals surface area contributed by atoms with Crippen LogP contribution in [0.4, 0.5) is 5.13 Å². The average molecular weight is 294 g/mol. The summed E-state index contributed by atoms with van der Waals surface area (Å²) in [6.07, 6.45) is 5.22. The van der Waals surface area contributed by atoms with Gasteiger partial charge < -0.3 is 15.5 Å². The largest absolute Gasteiger partial charge is 0.359 e. The predicted octanol–water partition coefficient (Wildman–Crippen LogP) is 2.33. The van der Waals surface area contributed by atoms with Crippen molar-refractivity contribution in [1.29, 1.82) is 0 Å². The molecule has 2 N–H and O–H groups in total. The summed E-state index contributed by atoms with van der Waals surface area (Å²) in [6.45, 7) is 8.28. The second kappa shape index (κ2) is 6.87. The van der Waals surface area contributed by atoms with Crippen molar-refractivity contribution in [3.63, 3.8) is 0 Å². The molecule has 20 heavy (non-hydrogen) atoms. The molecule has 0 aliphatic carbocycles. The monoisotopic (exact) mass is 294 g/mol. The number of piperidine rings is 2. The molecule has 3 rings (SSSR count). The first kappa shape index (κ1) is 14.3. The van der Waals surface area contributed by atoms with E-state index in [0.29, 0.717) is 6.04 Å². The molecule has 1 aromatic rings. The van der Waals surface area contributed by atoms with Gasteiger partial charge in [0.05, 0.1) is 5.69 Å². The van der Waals surface area contributed by atoms with Crippen LogP contribution in [0.3, 0.4) is 0 Å². The molecule has 0 radical (unpaired) electrons. The summed E-state index contributed by atoms with van der Waals surface area (Å²) in [5, 5.41) is 10.3. The second-order valence-electron chi connectivity index (χ2n) is 6.21. The normalized spacial score (nSPS) is 23.1. The van der Waals surface area contributed by atoms with Gasteiger partial charge in [0.25, 0.3) is 0 Å². The van der Waals surface area contributed by atoms with Gasteiger partial charge >= 0.3 is 0 Å². The summed E-state index contributed by atoms with van der Waals surface area (Å²) >= 11 is 1.73. The summed E-state index contributed by atoms with van der Waals surface area (Å²) in [7, 11) is 0. The molecule has 3 heterocycles. The minimum Gasteiger partial charge on any atom is -0.359 e. The van der Waals surface area contributed by atoms with Crippen LogP contribution < -0.4 is 10.6 Å². The Kier molecular flexibility index (Phi) is 4.91. The number of aryl methyl sites for hydroxylation is 1. The molecule has 0 atom stereocenters. The Morgan fingerprint density at radius 1 is 1.30 bits per heavy atom. The van der Waals surface area contributed by atoms with Crippen LogP contribution >= 0.6 is 11.3 Å². The summed E-state index contributed by atoms with van der Waals surface area (Å²) in [6, 6.07) is 0.616. The maximum absolute atomic E-state index is 4.50. The van der Waals surface area contributed by atoms with Crippen molar-refractivity contribution in [2.45, 2.75) is 38.6 Å². The zero-order valence-corrected chi connectivity index (χ0v) is 13.2. The van der Waals surface area contributed by atoms with Crippen LogP contribution in [-0.2, 0) is 0 Å². The quantitative estimate of drug-likeness (QED) is 0.894. The Morgan fingerprint density at radius 2 is 2.05 bits per heavy atom. The molecule has 2 aliphatic heterocycles. The first-order valence-electron chi connectivity index (χ1n) is 7.91. The van der Waals surface area contributed by atoms with E-state index in [1.807, 2.05) is 0 Å². The number of thiazole rings is 1. The van der Waals surface area contributed by atoms with E-state index in [1.165, 1.54) is 58.4 Å². The minimum atomic E-state index is 0.616. The summed E-state index contributed by atoms with van der Waals surface area (Å²) in [5.41, 5.74) is 1.13. The van der Waals surface area contributed by atoms with Crippen LogP contribution in [0.5, 0.6) is 0 Å². The van der Waals surface area contributed by atoms with Crippen molar-refractivity contribution < 1.29 is 0 Å². The summed E-state index contributed by atoms with van der Waals surface area (Å²) in [5.74, 6) is 0.919. The molecule has 2 fully saturated rings. The van der Waals surface area contributed by atoms with Crippen LogP contribution in [-0.4, -0.2) is 48.6 Å². The highest BCUT2D eigenvalue weighted by Crippen LogP contribution is 2.21. The van der Waals surface area contributed by atoms with Crippen LogP contribution in [0.15, 0.2) is 5.38 Å². The van der Waals surface area contributed by atoms with Crippen molar-refractivity contribution in [1.82, 2.24) is 15.2 Å². The highest BCUT2D eigenvalue weighted by Gasteiger charge is 2.22. The number of anilines is 1. The van der Waals surface area contributed by atoms with Crippen molar-refractivity contribution in [3.05, 3.63) is 11.1 Å². The smallest absolute Gasteiger partial charge is 0.183 e. The Labute approximate surface area is 126 Å². The van der Waals surface area contributed by atoms with E-state index < -0.39 is 0 Å². The Balaban J connectivity index is 1.40. The van der Waals surface area contributed by atoms with Gasteiger partial charge in [-0.25, -0.2) is 4.98 Å². The SMILES string of the molecule is Cc1csc(NC2CCN(CC3CCNCC3)CC2)n1. The van der Waals surface area contributed by atoms with E-state index in [1.54, 1.807) is 11.3 Å². The number of rotatable bonds is 4. The molecule has 1 aromatic heterocycles. The van der Waals surface area contributed by atoms with Gasteiger partial charge in [-0.3, -0.25) is 0 Å². The maximum atomic E-state index is 4.50. The number of nitrogens with zero attached hydrogens (tertiary/aromatic N) is 2. The van der Waals surface area contributed by atoms with Gasteiger partial charge in [-0.15, -0.1) is 11.3 Å². The van der Waals surface area contributed by atoms with Gasteiger partial charge in [0.1, 0.15) is 0 Å². The fourth-order valence-electron chi connectivity index (χ4n) is 3.28. The van der Waals surface area contributed by atoms with E-state index in [-0.39, 0.29) is 0 Å². The van der Waals surface area contributed by atoms with E-state index in [9.17, 15) is 0 Å². The second-order valence-corrected chi connectivity index (χ2v) is 7.06. The van der Waals surface area contributed by atoms with E-state index in [2.05, 4.69) is 32.8 Å². The van der Waals surface area contributed by atoms with Crippen LogP contribution in [0.1, 0.15) is 31.4 Å². The number of hydrogen-bond acceptors (Lipinski definition) is 5. The third-order valence-electron chi connectivity index (χ3n) is 4.51. The van der Waals surface area contributed by atoms with Gasteiger partial charge in [0, 0.05) is 31.1 Å². The molecular formula is C15H26N4S. The Bertz CT molecular complexity index is 406. The lowest BCUT2D eigenvalue weighted by Crippen LogP contribution is -2.43. The third kappa shape index (κ3) is 3.93. The number of aromatic nitrogens is 1. The van der Waals surface area contributed by atoms with E-state index >= 15 is 0 Å². The number of likely N-dealkylation sites (tertiary alicyclic amines) is 1. The lowest BCUT2D eigenvalue weighted by Gasteiger charge is -2.35. The molecule has 0 aromatic carbocycles. The van der Waals surface area contributed by atoms with Crippen LogP contribution in [0.25, 0.3) is 0 Å². The number of hydrogen-bond donors (Lipinski definition) is 2. The van der Waals surface area contributed by atoms with E-state index in [0.717, 1.165) is 16.7 Å². The molecule has 0 saturated carbocycles. The molecule has 0 amide bonds. The lowest BCUT2D eigenvalue weighted by atomic mass is 9.96. The molecule has 5 heteroatoms. The molecule has 2 saturated heterocycles. The van der Waals surface area contributed by atoms with Crippen molar-refractivity contribution in [2.24, 2.45) is 5.92 Å². The van der Waals surface area contributed by atoms with Gasteiger partial charge in [0.15, 0.2) is 5.13 Å². The van der Waals surface area contributed by atoms with Gasteiger partial charge in [-0.2, -0.15) is 0 Å². The molecule has 112 valence electrons. The molecule has 0 bridgehead atoms. The molecular weight excluding hydrogens is 268 g/mol. The Hall–Kier alpha value is -0.650. The topological polar surface area (TPSA) is 40.2 Å². The molecule has 4 nitrogen and oxygen atoms in total. The average Bonchev–Trinajstić information content (AvgIpc) is 2.88. The predicted molar refractivity (Wildman–Crippen MR) is 85.5 cm³/mol. The highest BCUT2D eigenvalue weighted by atomic mass is 32.1. The molecule has 0 unspecified atom stereocenters. The standard InChI is InChI=1S/C15H26N4S/c1-12-11-20-15(17-12)18-14-4-8-19(9-5-14)10-13-2-6-16-7-3-13/h11,13-14,16H,2-10H2,1H3,(H,17,18). The van der Waals surface area contributed by atoms with Gasteiger partial charge in [0.2, 0.25) is 0 Å². The van der Waals surface area contributed by atoms with Crippen LogP contribution in [0.2, 0.25) is 0 Å². The van der Waals surface area contributed by atoms with E-state index in [4.69, 9.17) is 0 Å². The molecule has 0 spiro atoms. The van der Waals surface area contributed by atoms with Gasteiger partial charge in [-0.05, 0) is 51.6 Å². The summed E-state index contributed by atoms with van der Waals surface area (Å²) < 4.78 is 0. The van der Waals surface area contributed by atoms with Gasteiger partial charge in [-0.1, -0.05) is 0 Å². The van der Waals surface area contributed by atoms with Crippen molar-refractivity contribution in [3.8, 4) is 0 Å². The first-order chi connectivity index (χ1) is 9.79. The molecule has 2 aliphatic rings. The fraction of sp³-hybridized carbons (Fsp3) is 0.800. The first-order valence-corrected chi connectivity index (χ1v) is 8.79. The highest BCUT2D eigenvalue weighted by molar-refractivity contribution is 7.13. The van der Waals surface area contributed by atoms with Crippen molar-refractivity contribution >= 4 is 16.5 Å². The zero-order valence-electron chi connectivity index (χ0n) is 12.4. The maximum Gasteiger partial charge on any atom is 0.183 e. The number of nitrogens with one attached hydrogen (secondary N) is 2. The van der Waals surface area contributed by atoms with Crippen LogP contribution in [0, 0.1) is 12.8 Å². The zero-order chi connectivity index (χ0) is 13.8. The minimum absolute atomic E-state index is 0.616. The lowest BCUT2D eigenvalue weighted by molar-refractivity contribution is 0.171. The third-order valence-corrected chi connectivity index (χ3v) is 5.40. The Morgan fingerprint density at radius 3 is 2.70 bits per heavy atom. The summed E-state index contributed by atoms with van der Waals surface area (Å²) in [4.78, 5) is 7.17. The van der Waals surface area contributed by atoms with Crippen molar-refractivity contribution in [2.75, 3.05) is 38.0 Å². The fourth-order valence-corrected chi connectivity index (χ4v) is 4.05.